The summed E-state index contributed by atoms with van der Waals surface area (Å²) in [7, 11) is 0. The van der Waals surface area contributed by atoms with Crippen molar-refractivity contribution in [3.63, 3.8) is 0 Å². The lowest BCUT2D eigenvalue weighted by atomic mass is 10.0. The first-order valence-electron chi connectivity index (χ1n) is 7.97. The topological polar surface area (TPSA) is 84.4 Å². The number of anilines is 2. The van der Waals surface area contributed by atoms with E-state index in [1.54, 1.807) is 12.5 Å². The number of nitrogens with one attached hydrogen (secondary N) is 1. The minimum absolute atomic E-state index is 0.543. The minimum atomic E-state index is 0.543. The van der Waals surface area contributed by atoms with E-state index in [0.29, 0.717) is 17.9 Å². The van der Waals surface area contributed by atoms with Crippen LogP contribution in [0.3, 0.4) is 0 Å². The molecule has 1 aliphatic heterocycles. The van der Waals surface area contributed by atoms with Crippen molar-refractivity contribution >= 4 is 17.5 Å². The van der Waals surface area contributed by atoms with Crippen LogP contribution in [0.15, 0.2) is 29.0 Å². The fourth-order valence-electron chi connectivity index (χ4n) is 2.99. The summed E-state index contributed by atoms with van der Waals surface area (Å²) in [6.07, 6.45) is 5.62. The maximum Gasteiger partial charge on any atom is 0.294 e. The molecule has 8 nitrogen and oxygen atoms in total. The Kier molecular flexibility index (Phi) is 2.76. The second-order valence-electron chi connectivity index (χ2n) is 6.28. The lowest BCUT2D eigenvalue weighted by Gasteiger charge is -2.39. The van der Waals surface area contributed by atoms with Crippen LogP contribution in [0, 0.1) is 5.92 Å². The third-order valence-corrected chi connectivity index (χ3v) is 4.47. The monoisotopic (exact) mass is 311 g/mol. The number of fused-ring (bicyclic) bond motifs is 1. The molecule has 5 rings (SSSR count). The molecule has 0 atom stereocenters. The number of nitrogens with zero attached hydrogens (tertiary/aromatic N) is 6. The Bertz CT molecular complexity index is 818. The Hall–Kier alpha value is -2.64. The average Bonchev–Trinajstić information content (AvgIpc) is 3.08. The molecule has 1 saturated carbocycles. The van der Waals surface area contributed by atoms with Gasteiger partial charge in [0, 0.05) is 31.5 Å². The highest BCUT2D eigenvalue weighted by atomic mass is 16.4. The van der Waals surface area contributed by atoms with E-state index in [2.05, 4.69) is 25.4 Å². The Morgan fingerprint density at radius 3 is 2.91 bits per heavy atom. The van der Waals surface area contributed by atoms with Crippen molar-refractivity contribution in [2.24, 2.45) is 5.92 Å². The van der Waals surface area contributed by atoms with Gasteiger partial charge in [-0.05, 0) is 25.0 Å². The van der Waals surface area contributed by atoms with Gasteiger partial charge in [0.1, 0.15) is 12.1 Å². The second kappa shape index (κ2) is 4.94. The molecule has 118 valence electrons. The fraction of sp³-hybridized carbons (Fsp3) is 0.467. The van der Waals surface area contributed by atoms with Gasteiger partial charge in [-0.25, -0.2) is 4.98 Å². The summed E-state index contributed by atoms with van der Waals surface area (Å²) < 4.78 is 7.09. The van der Waals surface area contributed by atoms with Crippen LogP contribution in [0.4, 0.5) is 11.8 Å². The van der Waals surface area contributed by atoms with Gasteiger partial charge in [-0.1, -0.05) is 0 Å². The van der Waals surface area contributed by atoms with Gasteiger partial charge in [0.15, 0.2) is 11.5 Å². The van der Waals surface area contributed by atoms with Gasteiger partial charge in [-0.3, -0.25) is 0 Å². The molecular formula is C15H17N7O. The first-order valence-corrected chi connectivity index (χ1v) is 7.97. The van der Waals surface area contributed by atoms with Gasteiger partial charge >= 0.3 is 0 Å². The van der Waals surface area contributed by atoms with E-state index in [9.17, 15) is 0 Å². The highest BCUT2D eigenvalue weighted by molar-refractivity contribution is 5.48. The summed E-state index contributed by atoms with van der Waals surface area (Å²) in [4.78, 5) is 6.34. The van der Waals surface area contributed by atoms with Gasteiger partial charge < -0.3 is 14.6 Å². The van der Waals surface area contributed by atoms with E-state index >= 15 is 0 Å². The van der Waals surface area contributed by atoms with Crippen molar-refractivity contribution in [2.45, 2.75) is 18.8 Å². The summed E-state index contributed by atoms with van der Waals surface area (Å²) in [5.74, 6) is 3.11. The molecule has 0 aromatic carbocycles. The zero-order chi connectivity index (χ0) is 15.2. The van der Waals surface area contributed by atoms with Gasteiger partial charge in [-0.15, -0.1) is 15.3 Å². The van der Waals surface area contributed by atoms with Crippen LogP contribution in [-0.4, -0.2) is 44.4 Å². The van der Waals surface area contributed by atoms with Crippen molar-refractivity contribution in [1.82, 2.24) is 24.8 Å². The van der Waals surface area contributed by atoms with Gasteiger partial charge in [-0.2, -0.15) is 4.52 Å². The number of rotatable bonds is 5. The van der Waals surface area contributed by atoms with E-state index in [1.807, 2.05) is 16.6 Å². The summed E-state index contributed by atoms with van der Waals surface area (Å²) in [6.45, 7) is 2.82. The standard InChI is InChI=1S/C15H17N7O/c1-2-11(1)14-19-18-12-3-4-13(20-22(12)14)21-8-10(9-21)7-17-15-16-5-6-23-15/h3-6,10-11H,1-2,7-9H2,(H,16,17). The summed E-state index contributed by atoms with van der Waals surface area (Å²) in [5.41, 5.74) is 0.832. The zero-order valence-electron chi connectivity index (χ0n) is 12.6. The summed E-state index contributed by atoms with van der Waals surface area (Å²) in [6, 6.07) is 4.61. The van der Waals surface area contributed by atoms with Crippen LogP contribution in [0.2, 0.25) is 0 Å². The van der Waals surface area contributed by atoms with Gasteiger partial charge in [0.25, 0.3) is 6.01 Å². The first-order chi connectivity index (χ1) is 11.4. The molecule has 0 bridgehead atoms. The van der Waals surface area contributed by atoms with Gasteiger partial charge in [0.2, 0.25) is 0 Å². The fourth-order valence-corrected chi connectivity index (χ4v) is 2.99. The van der Waals surface area contributed by atoms with Crippen molar-refractivity contribution in [3.05, 3.63) is 30.4 Å². The average molecular weight is 311 g/mol. The van der Waals surface area contributed by atoms with Crippen LogP contribution in [0.25, 0.3) is 5.65 Å². The van der Waals surface area contributed by atoms with E-state index in [0.717, 1.165) is 36.9 Å². The summed E-state index contributed by atoms with van der Waals surface area (Å²) in [5, 5.41) is 16.4. The number of hydrogen-bond acceptors (Lipinski definition) is 7. The molecule has 3 aromatic rings. The SMILES string of the molecule is c1coc(NCC2CN(c3ccc4nnc(C5CC5)n4n3)C2)n1. The maximum absolute atomic E-state index is 5.18. The first kappa shape index (κ1) is 12.9. The quantitative estimate of drug-likeness (QED) is 0.765. The Morgan fingerprint density at radius 2 is 2.13 bits per heavy atom. The maximum atomic E-state index is 5.18. The molecule has 0 spiro atoms. The smallest absolute Gasteiger partial charge is 0.294 e. The highest BCUT2D eigenvalue weighted by Gasteiger charge is 2.31. The largest absolute Gasteiger partial charge is 0.432 e. The zero-order valence-corrected chi connectivity index (χ0v) is 12.6. The Morgan fingerprint density at radius 1 is 1.22 bits per heavy atom. The molecular weight excluding hydrogens is 294 g/mol. The molecule has 1 aliphatic carbocycles. The number of aromatic nitrogens is 5. The molecule has 8 heteroatoms. The molecule has 0 radical (unpaired) electrons. The highest BCUT2D eigenvalue weighted by Crippen LogP contribution is 2.38. The second-order valence-corrected chi connectivity index (χ2v) is 6.28. The lowest BCUT2D eigenvalue weighted by Crippen LogP contribution is -2.50. The van der Waals surface area contributed by atoms with Crippen LogP contribution in [-0.2, 0) is 0 Å². The van der Waals surface area contributed by atoms with E-state index in [-0.39, 0.29) is 0 Å². The molecule has 4 heterocycles. The molecule has 1 saturated heterocycles. The van der Waals surface area contributed by atoms with Crippen LogP contribution >= 0.6 is 0 Å². The van der Waals surface area contributed by atoms with Crippen molar-refractivity contribution < 1.29 is 4.42 Å². The van der Waals surface area contributed by atoms with Crippen molar-refractivity contribution in [1.29, 1.82) is 0 Å². The minimum Gasteiger partial charge on any atom is -0.432 e. The number of oxazole rings is 1. The Labute approximate surface area is 132 Å². The third kappa shape index (κ3) is 2.30. The lowest BCUT2D eigenvalue weighted by molar-refractivity contribution is 0.419. The van der Waals surface area contributed by atoms with E-state index in [4.69, 9.17) is 9.52 Å². The molecule has 3 aromatic heterocycles. The predicted octanol–water partition coefficient (Wildman–Crippen LogP) is 1.54. The third-order valence-electron chi connectivity index (χ3n) is 4.47. The van der Waals surface area contributed by atoms with E-state index in [1.165, 1.54) is 12.8 Å². The normalized spacial score (nSPS) is 18.3. The molecule has 2 fully saturated rings. The number of hydrogen-bond donors (Lipinski definition) is 1. The molecule has 2 aliphatic rings. The Balaban J connectivity index is 1.26. The van der Waals surface area contributed by atoms with Gasteiger partial charge in [0.05, 0.1) is 6.20 Å². The molecule has 1 N–H and O–H groups in total. The molecule has 23 heavy (non-hydrogen) atoms. The summed E-state index contributed by atoms with van der Waals surface area (Å²) >= 11 is 0. The van der Waals surface area contributed by atoms with Crippen LogP contribution in [0.5, 0.6) is 0 Å². The van der Waals surface area contributed by atoms with Crippen molar-refractivity contribution in [3.8, 4) is 0 Å². The van der Waals surface area contributed by atoms with Crippen LogP contribution < -0.4 is 10.2 Å². The van der Waals surface area contributed by atoms with E-state index < -0.39 is 0 Å². The van der Waals surface area contributed by atoms with Crippen molar-refractivity contribution in [2.75, 3.05) is 29.9 Å². The predicted molar refractivity (Wildman–Crippen MR) is 83.5 cm³/mol. The molecule has 0 unspecified atom stereocenters. The van der Waals surface area contributed by atoms with Crippen LogP contribution in [0.1, 0.15) is 24.6 Å². The molecule has 0 amide bonds.